The average Bonchev–Trinajstić information content (AvgIpc) is 3.19. The molecule has 4 heteroatoms. The van der Waals surface area contributed by atoms with Crippen molar-refractivity contribution in [2.75, 3.05) is 0 Å². The van der Waals surface area contributed by atoms with Crippen LogP contribution in [-0.2, 0) is 0 Å². The van der Waals surface area contributed by atoms with Crippen LogP contribution in [0.3, 0.4) is 0 Å². The van der Waals surface area contributed by atoms with Crippen molar-refractivity contribution in [2.45, 2.75) is 0 Å². The van der Waals surface area contributed by atoms with E-state index in [0.29, 0.717) is 0 Å². The van der Waals surface area contributed by atoms with Crippen molar-refractivity contribution in [1.29, 1.82) is 0 Å². The summed E-state index contributed by atoms with van der Waals surface area (Å²) in [5, 5.41) is 5.75. The summed E-state index contributed by atoms with van der Waals surface area (Å²) in [5.74, 6) is 1.53. The smallest absolute Gasteiger partial charge is 0.129 e. The summed E-state index contributed by atoms with van der Waals surface area (Å²) in [6.07, 6.45) is 3.82. The van der Waals surface area contributed by atoms with Crippen molar-refractivity contribution in [1.82, 2.24) is 14.8 Å². The number of fused-ring (bicyclic) bond motifs is 1. The summed E-state index contributed by atoms with van der Waals surface area (Å²) in [7, 11) is 0. The summed E-state index contributed by atoms with van der Waals surface area (Å²) in [5.41, 5.74) is 3.86. The normalized spacial score (nSPS) is 10.9. The van der Waals surface area contributed by atoms with E-state index >= 15 is 0 Å². The number of hydrogen-bond donors (Lipinski definition) is 0. The van der Waals surface area contributed by atoms with Gasteiger partial charge in [0.25, 0.3) is 0 Å². The van der Waals surface area contributed by atoms with Crippen LogP contribution in [0.5, 0.6) is 11.5 Å². The van der Waals surface area contributed by atoms with Gasteiger partial charge in [-0.25, -0.2) is 4.68 Å². The molecule has 28 heavy (non-hydrogen) atoms. The molecule has 3 aromatic carbocycles. The maximum atomic E-state index is 6.11. The molecule has 0 saturated carbocycles. The molecule has 0 spiro atoms. The van der Waals surface area contributed by atoms with Crippen LogP contribution >= 0.6 is 0 Å². The molecule has 2 aromatic heterocycles. The van der Waals surface area contributed by atoms with Gasteiger partial charge in [0.1, 0.15) is 11.5 Å². The Kier molecular flexibility index (Phi) is 4.07. The van der Waals surface area contributed by atoms with Crippen LogP contribution in [0.15, 0.2) is 103 Å². The van der Waals surface area contributed by atoms with Gasteiger partial charge in [0.2, 0.25) is 0 Å². The Morgan fingerprint density at radius 1 is 0.714 bits per heavy atom. The zero-order chi connectivity index (χ0) is 18.8. The van der Waals surface area contributed by atoms with Gasteiger partial charge in [-0.05, 0) is 42.5 Å². The summed E-state index contributed by atoms with van der Waals surface area (Å²) in [6, 6.07) is 29.8. The van der Waals surface area contributed by atoms with Crippen LogP contribution < -0.4 is 4.74 Å². The topological polar surface area (TPSA) is 39.9 Å². The van der Waals surface area contributed by atoms with Gasteiger partial charge in [0, 0.05) is 29.4 Å². The lowest BCUT2D eigenvalue weighted by Gasteiger charge is -2.09. The van der Waals surface area contributed by atoms with Crippen molar-refractivity contribution in [2.24, 2.45) is 0 Å². The monoisotopic (exact) mass is 363 g/mol. The highest BCUT2D eigenvalue weighted by atomic mass is 16.5. The second-order valence-corrected chi connectivity index (χ2v) is 6.47. The summed E-state index contributed by atoms with van der Waals surface area (Å²) in [6.45, 7) is 0. The Labute approximate surface area is 162 Å². The molecule has 0 N–H and O–H groups in total. The number of hydrogen-bond acceptors (Lipinski definition) is 3. The Hall–Kier alpha value is -3.92. The van der Waals surface area contributed by atoms with Gasteiger partial charge in [0.15, 0.2) is 0 Å². The third kappa shape index (κ3) is 3.23. The molecule has 0 amide bonds. The molecule has 0 atom stereocenters. The molecule has 0 bridgehead atoms. The molecule has 0 unspecified atom stereocenters. The standard InChI is InChI=1S/C24H17N3O/c1-2-13-24-19(7-1)17-27(26-24)20-9-6-11-22(16-20)28-21-10-5-8-18(15-21)23-12-3-4-14-25-23/h1-17H. The minimum absolute atomic E-state index is 0.759. The van der Waals surface area contributed by atoms with E-state index in [1.54, 1.807) is 6.20 Å². The largest absolute Gasteiger partial charge is 0.457 e. The zero-order valence-corrected chi connectivity index (χ0v) is 15.1. The summed E-state index contributed by atoms with van der Waals surface area (Å²) in [4.78, 5) is 4.40. The van der Waals surface area contributed by atoms with Crippen molar-refractivity contribution >= 4 is 10.9 Å². The van der Waals surface area contributed by atoms with E-state index in [2.05, 4.69) is 16.1 Å². The van der Waals surface area contributed by atoms with Crippen LogP contribution in [0, 0.1) is 0 Å². The van der Waals surface area contributed by atoms with Crippen LogP contribution in [-0.4, -0.2) is 14.8 Å². The molecule has 134 valence electrons. The van der Waals surface area contributed by atoms with Gasteiger partial charge in [-0.2, -0.15) is 5.10 Å². The molecule has 0 aliphatic carbocycles. The van der Waals surface area contributed by atoms with E-state index in [1.165, 1.54) is 0 Å². The van der Waals surface area contributed by atoms with Gasteiger partial charge >= 0.3 is 0 Å². The maximum Gasteiger partial charge on any atom is 0.129 e. The average molecular weight is 363 g/mol. The fraction of sp³-hybridized carbons (Fsp3) is 0. The minimum Gasteiger partial charge on any atom is -0.457 e. The Morgan fingerprint density at radius 2 is 1.54 bits per heavy atom. The molecule has 0 radical (unpaired) electrons. The van der Waals surface area contributed by atoms with Crippen molar-refractivity contribution in [3.63, 3.8) is 0 Å². The molecular formula is C24H17N3O. The minimum atomic E-state index is 0.759. The molecule has 4 nitrogen and oxygen atoms in total. The zero-order valence-electron chi connectivity index (χ0n) is 15.1. The lowest BCUT2D eigenvalue weighted by atomic mass is 10.1. The van der Waals surface area contributed by atoms with Crippen molar-refractivity contribution < 1.29 is 4.74 Å². The number of aromatic nitrogens is 3. The van der Waals surface area contributed by atoms with Gasteiger partial charge in [-0.1, -0.05) is 42.5 Å². The summed E-state index contributed by atoms with van der Waals surface area (Å²) >= 11 is 0. The first kappa shape index (κ1) is 16.3. The number of ether oxygens (including phenoxy) is 1. The first-order valence-electron chi connectivity index (χ1n) is 9.09. The van der Waals surface area contributed by atoms with Gasteiger partial charge in [-0.15, -0.1) is 0 Å². The van der Waals surface area contributed by atoms with E-state index in [1.807, 2.05) is 95.8 Å². The first-order chi connectivity index (χ1) is 13.8. The van der Waals surface area contributed by atoms with E-state index in [4.69, 9.17) is 4.74 Å². The van der Waals surface area contributed by atoms with Crippen molar-refractivity contribution in [3.05, 3.63) is 103 Å². The SMILES string of the molecule is c1ccc(-c2cccc(Oc3cccc(-n4cc5ccccc5n4)c3)c2)nc1. The molecule has 0 fully saturated rings. The number of benzene rings is 3. The maximum absolute atomic E-state index is 6.11. The lowest BCUT2D eigenvalue weighted by molar-refractivity contribution is 0.482. The van der Waals surface area contributed by atoms with E-state index in [9.17, 15) is 0 Å². The molecule has 0 saturated heterocycles. The van der Waals surface area contributed by atoms with Gasteiger partial charge in [0.05, 0.1) is 16.9 Å². The molecule has 0 aliphatic rings. The molecular weight excluding hydrogens is 346 g/mol. The first-order valence-corrected chi connectivity index (χ1v) is 9.09. The highest BCUT2D eigenvalue weighted by Crippen LogP contribution is 2.27. The second-order valence-electron chi connectivity index (χ2n) is 6.47. The van der Waals surface area contributed by atoms with Crippen LogP contribution in [0.25, 0.3) is 27.8 Å². The van der Waals surface area contributed by atoms with E-state index < -0.39 is 0 Å². The fourth-order valence-corrected chi connectivity index (χ4v) is 3.17. The Balaban J connectivity index is 1.44. The Bertz CT molecular complexity index is 1210. The second kappa shape index (κ2) is 7.00. The van der Waals surface area contributed by atoms with Gasteiger partial charge in [-0.3, -0.25) is 4.98 Å². The van der Waals surface area contributed by atoms with Crippen LogP contribution in [0.1, 0.15) is 0 Å². The third-order valence-electron chi connectivity index (χ3n) is 4.53. The van der Waals surface area contributed by atoms with Crippen molar-refractivity contribution in [3.8, 4) is 28.4 Å². The Morgan fingerprint density at radius 3 is 2.39 bits per heavy atom. The van der Waals surface area contributed by atoms with E-state index in [-0.39, 0.29) is 0 Å². The van der Waals surface area contributed by atoms with Gasteiger partial charge < -0.3 is 4.74 Å². The number of pyridine rings is 1. The highest BCUT2D eigenvalue weighted by molar-refractivity contribution is 5.78. The highest BCUT2D eigenvalue weighted by Gasteiger charge is 2.06. The number of rotatable bonds is 4. The molecule has 0 aliphatic heterocycles. The number of nitrogens with zero attached hydrogens (tertiary/aromatic N) is 3. The molecule has 2 heterocycles. The van der Waals surface area contributed by atoms with Crippen LogP contribution in [0.2, 0.25) is 0 Å². The summed E-state index contributed by atoms with van der Waals surface area (Å²) < 4.78 is 7.98. The predicted molar refractivity (Wildman–Crippen MR) is 111 cm³/mol. The fourth-order valence-electron chi connectivity index (χ4n) is 3.17. The quantitative estimate of drug-likeness (QED) is 0.400. The molecule has 5 aromatic rings. The van der Waals surface area contributed by atoms with E-state index in [0.717, 1.165) is 39.3 Å². The lowest BCUT2D eigenvalue weighted by Crippen LogP contribution is -1.95. The van der Waals surface area contributed by atoms with Crippen LogP contribution in [0.4, 0.5) is 0 Å². The third-order valence-corrected chi connectivity index (χ3v) is 4.53. The predicted octanol–water partition coefficient (Wildman–Crippen LogP) is 5.88. The molecule has 5 rings (SSSR count).